The van der Waals surface area contributed by atoms with Gasteiger partial charge in [0.25, 0.3) is 0 Å². The number of likely N-dealkylation sites (tertiary alicyclic amines) is 1. The molecule has 1 saturated heterocycles. The summed E-state index contributed by atoms with van der Waals surface area (Å²) in [7, 11) is 0. The van der Waals surface area contributed by atoms with Crippen molar-refractivity contribution in [1.82, 2.24) is 9.88 Å². The predicted molar refractivity (Wildman–Crippen MR) is 117 cm³/mol. The maximum atomic E-state index is 11.3. The van der Waals surface area contributed by atoms with Crippen molar-refractivity contribution in [3.05, 3.63) is 44.9 Å². The van der Waals surface area contributed by atoms with Crippen LogP contribution in [0.25, 0.3) is 0 Å². The lowest BCUT2D eigenvalue weighted by molar-refractivity contribution is 0.0206. The molecule has 1 aromatic heterocycles. The van der Waals surface area contributed by atoms with Crippen molar-refractivity contribution in [2.45, 2.75) is 52.1 Å². The van der Waals surface area contributed by atoms with Crippen LogP contribution in [-0.4, -0.2) is 41.2 Å². The number of rotatable bonds is 7. The molecule has 4 nitrogen and oxygen atoms in total. The molecule has 1 aliphatic heterocycles. The summed E-state index contributed by atoms with van der Waals surface area (Å²) in [6.45, 7) is 10.2. The van der Waals surface area contributed by atoms with Gasteiger partial charge in [0.15, 0.2) is 0 Å². The number of halogens is 1. The number of benzene rings is 1. The number of para-hydroxylation sites is 1. The summed E-state index contributed by atoms with van der Waals surface area (Å²) in [5, 5.41) is 12.8. The van der Waals surface area contributed by atoms with Gasteiger partial charge in [-0.2, -0.15) is 0 Å². The predicted octanol–water partition coefficient (Wildman–Crippen LogP) is 5.06. The average molecular weight is 423 g/mol. The minimum Gasteiger partial charge on any atom is -0.492 e. The van der Waals surface area contributed by atoms with E-state index >= 15 is 0 Å². The zero-order valence-corrected chi connectivity index (χ0v) is 18.7. The Balaban J connectivity index is 1.62. The van der Waals surface area contributed by atoms with Gasteiger partial charge in [0.1, 0.15) is 16.4 Å². The highest BCUT2D eigenvalue weighted by Gasteiger charge is 2.35. The minimum atomic E-state index is -0.803. The fourth-order valence-corrected chi connectivity index (χ4v) is 5.14. The van der Waals surface area contributed by atoms with E-state index < -0.39 is 5.60 Å². The molecular formula is C22H31ClN2O2S. The van der Waals surface area contributed by atoms with Gasteiger partial charge >= 0.3 is 0 Å². The van der Waals surface area contributed by atoms with Gasteiger partial charge in [0.2, 0.25) is 0 Å². The number of ether oxygens (including phenoxy) is 1. The van der Waals surface area contributed by atoms with Gasteiger partial charge < -0.3 is 14.7 Å². The number of aliphatic hydroxyl groups is 1. The monoisotopic (exact) mass is 422 g/mol. The maximum absolute atomic E-state index is 11.3. The molecule has 1 N–H and O–H groups in total. The molecule has 1 fully saturated rings. The number of nitrogens with zero attached hydrogens (tertiary/aromatic N) is 2. The lowest BCUT2D eigenvalue weighted by atomic mass is 9.96. The lowest BCUT2D eigenvalue weighted by Gasteiger charge is -2.25. The van der Waals surface area contributed by atoms with Gasteiger partial charge in [-0.25, -0.2) is 4.98 Å². The standard InChI is InChI=1S/C22H31ClN2O2S/c1-16(2)15-25-12-6-10-22(26,11-13-25)21-24-17(3)20(28-21)9-14-27-19-8-5-4-7-18(19)23/h4-5,7-8,16,26H,6,9-15H2,1-3H3/t22-/m0/s1. The number of thiazole rings is 1. The van der Waals surface area contributed by atoms with Crippen LogP contribution in [0.3, 0.4) is 0 Å². The van der Waals surface area contributed by atoms with E-state index in [1.807, 2.05) is 31.2 Å². The molecule has 0 amide bonds. The molecule has 1 aliphatic rings. The molecule has 2 aromatic rings. The van der Waals surface area contributed by atoms with Crippen LogP contribution in [0.1, 0.15) is 48.7 Å². The number of hydrogen-bond donors (Lipinski definition) is 1. The Morgan fingerprint density at radius 1 is 1.29 bits per heavy atom. The van der Waals surface area contributed by atoms with Crippen molar-refractivity contribution in [2.75, 3.05) is 26.2 Å². The quantitative estimate of drug-likeness (QED) is 0.677. The summed E-state index contributed by atoms with van der Waals surface area (Å²) < 4.78 is 5.82. The minimum absolute atomic E-state index is 0.548. The Morgan fingerprint density at radius 2 is 2.07 bits per heavy atom. The zero-order chi connectivity index (χ0) is 20.1. The molecule has 154 valence electrons. The molecule has 28 heavy (non-hydrogen) atoms. The third-order valence-electron chi connectivity index (χ3n) is 5.24. The van der Waals surface area contributed by atoms with Crippen LogP contribution >= 0.6 is 22.9 Å². The Morgan fingerprint density at radius 3 is 2.82 bits per heavy atom. The molecule has 0 radical (unpaired) electrons. The smallest absolute Gasteiger partial charge is 0.137 e. The number of aryl methyl sites for hydroxylation is 1. The Labute approximate surface area is 177 Å². The van der Waals surface area contributed by atoms with Crippen molar-refractivity contribution in [1.29, 1.82) is 0 Å². The summed E-state index contributed by atoms with van der Waals surface area (Å²) in [4.78, 5) is 8.40. The summed E-state index contributed by atoms with van der Waals surface area (Å²) in [6, 6.07) is 7.52. The summed E-state index contributed by atoms with van der Waals surface area (Å²) in [5.41, 5.74) is 0.197. The molecule has 1 atom stereocenters. The topological polar surface area (TPSA) is 45.6 Å². The average Bonchev–Trinajstić information content (AvgIpc) is 2.91. The lowest BCUT2D eigenvalue weighted by Crippen LogP contribution is -2.31. The largest absolute Gasteiger partial charge is 0.492 e. The second-order valence-corrected chi connectivity index (χ2v) is 9.63. The van der Waals surface area contributed by atoms with Gasteiger partial charge in [-0.1, -0.05) is 37.6 Å². The van der Waals surface area contributed by atoms with E-state index in [0.717, 1.165) is 56.0 Å². The summed E-state index contributed by atoms with van der Waals surface area (Å²) >= 11 is 7.78. The summed E-state index contributed by atoms with van der Waals surface area (Å²) in [5.74, 6) is 1.36. The second-order valence-electron chi connectivity index (χ2n) is 8.14. The summed E-state index contributed by atoms with van der Waals surface area (Å²) in [6.07, 6.45) is 3.31. The van der Waals surface area contributed by atoms with Gasteiger partial charge in [-0.15, -0.1) is 11.3 Å². The van der Waals surface area contributed by atoms with Crippen molar-refractivity contribution in [2.24, 2.45) is 5.92 Å². The van der Waals surface area contributed by atoms with Crippen LogP contribution in [0.2, 0.25) is 5.02 Å². The van der Waals surface area contributed by atoms with Gasteiger partial charge in [0.05, 0.1) is 17.3 Å². The zero-order valence-electron chi connectivity index (χ0n) is 17.1. The van der Waals surface area contributed by atoms with Gasteiger partial charge in [-0.3, -0.25) is 0 Å². The molecule has 2 heterocycles. The molecule has 0 aliphatic carbocycles. The van der Waals surface area contributed by atoms with Gasteiger partial charge in [-0.05, 0) is 50.8 Å². The molecular weight excluding hydrogens is 392 g/mol. The van der Waals surface area contributed by atoms with Crippen molar-refractivity contribution in [3.63, 3.8) is 0 Å². The molecule has 0 unspecified atom stereocenters. The van der Waals surface area contributed by atoms with Crippen LogP contribution < -0.4 is 4.74 Å². The highest BCUT2D eigenvalue weighted by Crippen LogP contribution is 2.37. The second kappa shape index (κ2) is 9.57. The highest BCUT2D eigenvalue weighted by atomic mass is 35.5. The van der Waals surface area contributed by atoms with Crippen molar-refractivity contribution >= 4 is 22.9 Å². The molecule has 0 saturated carbocycles. The first kappa shape index (κ1) is 21.6. The van der Waals surface area contributed by atoms with E-state index in [2.05, 4.69) is 18.7 Å². The Bertz CT molecular complexity index is 780. The van der Waals surface area contributed by atoms with Crippen molar-refractivity contribution in [3.8, 4) is 5.75 Å². The van der Waals surface area contributed by atoms with E-state index in [1.54, 1.807) is 11.3 Å². The number of aromatic nitrogens is 1. The highest BCUT2D eigenvalue weighted by molar-refractivity contribution is 7.11. The normalized spacial score (nSPS) is 21.1. The first-order chi connectivity index (χ1) is 13.4. The number of hydrogen-bond acceptors (Lipinski definition) is 5. The Hall–Kier alpha value is -1.14. The SMILES string of the molecule is Cc1nc([C@]2(O)CCCN(CC(C)C)CC2)sc1CCOc1ccccc1Cl. The maximum Gasteiger partial charge on any atom is 0.137 e. The molecule has 1 aromatic carbocycles. The van der Waals surface area contributed by atoms with E-state index in [4.69, 9.17) is 21.3 Å². The van der Waals surface area contributed by atoms with Crippen LogP contribution in [-0.2, 0) is 12.0 Å². The fourth-order valence-electron chi connectivity index (χ4n) is 3.76. The van der Waals surface area contributed by atoms with Crippen LogP contribution in [0.4, 0.5) is 0 Å². The van der Waals surface area contributed by atoms with E-state index in [0.29, 0.717) is 23.3 Å². The van der Waals surface area contributed by atoms with Crippen molar-refractivity contribution < 1.29 is 9.84 Å². The van der Waals surface area contributed by atoms with Gasteiger partial charge in [0, 0.05) is 24.4 Å². The first-order valence-corrected chi connectivity index (χ1v) is 11.4. The molecule has 0 bridgehead atoms. The van der Waals surface area contributed by atoms with E-state index in [9.17, 15) is 5.11 Å². The third kappa shape index (κ3) is 5.47. The fraction of sp³-hybridized carbons (Fsp3) is 0.591. The third-order valence-corrected chi connectivity index (χ3v) is 6.97. The van der Waals surface area contributed by atoms with Crippen LogP contribution in [0, 0.1) is 12.8 Å². The molecule has 0 spiro atoms. The van der Waals surface area contributed by atoms with E-state index in [-0.39, 0.29) is 0 Å². The first-order valence-electron chi connectivity index (χ1n) is 10.2. The van der Waals surface area contributed by atoms with Crippen LogP contribution in [0.15, 0.2) is 24.3 Å². The van der Waals surface area contributed by atoms with Crippen LogP contribution in [0.5, 0.6) is 5.75 Å². The molecule has 3 rings (SSSR count). The van der Waals surface area contributed by atoms with E-state index in [1.165, 1.54) is 4.88 Å². The Kier molecular flexibility index (Phi) is 7.37. The molecule has 6 heteroatoms.